The summed E-state index contributed by atoms with van der Waals surface area (Å²) in [5.74, 6) is -2.29. The predicted molar refractivity (Wildman–Crippen MR) is 135 cm³/mol. The maximum atomic E-state index is 13.2. The average molecular weight is 548 g/mol. The Labute approximate surface area is 223 Å². The quantitative estimate of drug-likeness (QED) is 0.262. The van der Waals surface area contributed by atoms with Crippen LogP contribution >= 0.6 is 11.8 Å². The normalized spacial score (nSPS) is 31.4. The first-order valence-corrected chi connectivity index (χ1v) is 13.7. The van der Waals surface area contributed by atoms with Crippen molar-refractivity contribution < 1.29 is 24.3 Å². The van der Waals surface area contributed by atoms with Crippen LogP contribution in [0.4, 0.5) is 0 Å². The number of rotatable bonds is 9. The van der Waals surface area contributed by atoms with E-state index in [1.807, 2.05) is 11.8 Å². The zero-order valence-corrected chi connectivity index (χ0v) is 22.3. The first-order chi connectivity index (χ1) is 18.2. The molecule has 5 rings (SSSR count). The number of thioether (sulfide) groups is 1. The summed E-state index contributed by atoms with van der Waals surface area (Å²) in [4.78, 5) is 55.9. The maximum absolute atomic E-state index is 13.2. The van der Waals surface area contributed by atoms with E-state index in [2.05, 4.69) is 31.4 Å². The van der Waals surface area contributed by atoms with Gasteiger partial charge < -0.3 is 30.9 Å². The van der Waals surface area contributed by atoms with Gasteiger partial charge in [0.25, 0.3) is 0 Å². The summed E-state index contributed by atoms with van der Waals surface area (Å²) in [7, 11) is 1.67. The number of carbonyl (C=O) groups excluding carboxylic acids is 3. The van der Waals surface area contributed by atoms with Crippen LogP contribution in [0.3, 0.4) is 0 Å². The van der Waals surface area contributed by atoms with Crippen molar-refractivity contribution in [1.29, 1.82) is 0 Å². The van der Waals surface area contributed by atoms with Crippen molar-refractivity contribution in [3.05, 3.63) is 16.9 Å². The van der Waals surface area contributed by atoms with Crippen molar-refractivity contribution >= 4 is 35.5 Å². The Morgan fingerprint density at radius 3 is 2.82 bits per heavy atom. The Hall–Kier alpha value is -3.04. The molecule has 0 aliphatic carbocycles. The highest BCUT2D eigenvalue weighted by Gasteiger charge is 2.60. The van der Waals surface area contributed by atoms with Crippen molar-refractivity contribution in [3.63, 3.8) is 0 Å². The van der Waals surface area contributed by atoms with Gasteiger partial charge in [0.15, 0.2) is 6.33 Å². The number of likely N-dealkylation sites (N-methyl/N-ethyl adjacent to an activating group) is 1. The Balaban J connectivity index is 1.22. The lowest BCUT2D eigenvalue weighted by Gasteiger charge is -2.47. The van der Waals surface area contributed by atoms with Gasteiger partial charge >= 0.3 is 5.97 Å². The summed E-state index contributed by atoms with van der Waals surface area (Å²) in [5.41, 5.74) is 0.0278. The van der Waals surface area contributed by atoms with Crippen LogP contribution in [0.1, 0.15) is 32.7 Å². The van der Waals surface area contributed by atoms with E-state index in [4.69, 9.17) is 0 Å². The number of tetrazole rings is 1. The Morgan fingerprint density at radius 1 is 1.34 bits per heavy atom. The number of aliphatic carboxylic acids is 1. The number of carboxylic acid groups (broad SMARTS) is 1. The summed E-state index contributed by atoms with van der Waals surface area (Å²) in [6.45, 7) is 5.56. The van der Waals surface area contributed by atoms with E-state index >= 15 is 0 Å². The van der Waals surface area contributed by atoms with Gasteiger partial charge in [0.1, 0.15) is 5.70 Å². The molecule has 4 aliphatic rings. The summed E-state index contributed by atoms with van der Waals surface area (Å²) in [5, 5.41) is 30.7. The molecule has 0 aromatic carbocycles. The Kier molecular flexibility index (Phi) is 7.42. The SMILES string of the molecule is CNCC(=O)N[C@H](C)[C@H]1C(=O)N2C(C(=O)O)=C(SC3CNC(C(=O)N4CC[C@H](n5ncnn5)C4)C3)[C@H](C)[C@H]12. The second kappa shape index (κ2) is 10.6. The highest BCUT2D eigenvalue weighted by Crippen LogP contribution is 2.51. The van der Waals surface area contributed by atoms with Crippen LogP contribution in [0.2, 0.25) is 0 Å². The highest BCUT2D eigenvalue weighted by atomic mass is 32.2. The average Bonchev–Trinajstić information content (AvgIpc) is 3.66. The van der Waals surface area contributed by atoms with Gasteiger partial charge in [-0.05, 0) is 32.0 Å². The molecule has 5 heterocycles. The summed E-state index contributed by atoms with van der Waals surface area (Å²) < 4.78 is 0. The molecule has 7 atom stereocenters. The summed E-state index contributed by atoms with van der Waals surface area (Å²) in [6, 6.07) is -1.08. The molecular weight excluding hydrogens is 514 g/mol. The fourth-order valence-corrected chi connectivity index (χ4v) is 7.58. The molecule has 0 bridgehead atoms. The minimum absolute atomic E-state index is 0.00820. The lowest BCUT2D eigenvalue weighted by Crippen LogP contribution is -2.66. The van der Waals surface area contributed by atoms with Crippen molar-refractivity contribution in [2.75, 3.05) is 33.2 Å². The lowest BCUT2D eigenvalue weighted by molar-refractivity contribution is -0.158. The van der Waals surface area contributed by atoms with Crippen molar-refractivity contribution in [3.8, 4) is 0 Å². The summed E-state index contributed by atoms with van der Waals surface area (Å²) >= 11 is 1.45. The molecule has 0 radical (unpaired) electrons. The maximum Gasteiger partial charge on any atom is 0.353 e. The summed E-state index contributed by atoms with van der Waals surface area (Å²) in [6.07, 6.45) is 2.71. The van der Waals surface area contributed by atoms with E-state index in [1.54, 1.807) is 18.8 Å². The topological polar surface area (TPSA) is 175 Å². The molecule has 2 unspecified atom stereocenters. The number of nitrogens with one attached hydrogen (secondary N) is 3. The number of fused-ring (bicyclic) bond motifs is 1. The van der Waals surface area contributed by atoms with Crippen LogP contribution in [-0.4, -0.2) is 115 Å². The van der Waals surface area contributed by atoms with E-state index in [0.29, 0.717) is 31.0 Å². The number of carbonyl (C=O) groups is 4. The van der Waals surface area contributed by atoms with E-state index < -0.39 is 17.9 Å². The number of β-lactam (4-membered cyclic amide) rings is 1. The molecule has 3 amide bonds. The molecule has 38 heavy (non-hydrogen) atoms. The van der Waals surface area contributed by atoms with Crippen molar-refractivity contribution in [2.45, 2.75) is 56.1 Å². The van der Waals surface area contributed by atoms with Gasteiger partial charge in [0, 0.05) is 41.7 Å². The first kappa shape index (κ1) is 26.6. The molecule has 0 spiro atoms. The number of carboxylic acids is 1. The van der Waals surface area contributed by atoms with Gasteiger partial charge in [-0.2, -0.15) is 4.80 Å². The monoisotopic (exact) mass is 547 g/mol. The van der Waals surface area contributed by atoms with Crippen LogP contribution in [0.15, 0.2) is 16.9 Å². The molecule has 14 nitrogen and oxygen atoms in total. The fraction of sp³-hybridized carbons (Fsp3) is 0.696. The van der Waals surface area contributed by atoms with Crippen LogP contribution in [0.5, 0.6) is 0 Å². The van der Waals surface area contributed by atoms with Gasteiger partial charge in [-0.25, -0.2) is 4.79 Å². The number of hydrogen-bond donors (Lipinski definition) is 4. The number of amides is 3. The van der Waals surface area contributed by atoms with E-state index in [9.17, 15) is 24.3 Å². The van der Waals surface area contributed by atoms with Gasteiger partial charge in [0.05, 0.1) is 30.6 Å². The smallest absolute Gasteiger partial charge is 0.353 e. The third kappa shape index (κ3) is 4.66. The Bertz CT molecular complexity index is 1140. The minimum atomic E-state index is -1.14. The molecule has 4 N–H and O–H groups in total. The zero-order chi connectivity index (χ0) is 27.1. The molecule has 1 aromatic rings. The molecule has 4 aliphatic heterocycles. The highest BCUT2D eigenvalue weighted by molar-refractivity contribution is 8.03. The molecule has 15 heteroatoms. The first-order valence-electron chi connectivity index (χ1n) is 12.9. The molecule has 0 saturated carbocycles. The van der Waals surface area contributed by atoms with Gasteiger partial charge in [-0.3, -0.25) is 14.4 Å². The van der Waals surface area contributed by atoms with E-state index in [-0.39, 0.29) is 59.3 Å². The van der Waals surface area contributed by atoms with E-state index in [1.165, 1.54) is 23.0 Å². The fourth-order valence-electron chi connectivity index (χ4n) is 6.11. The number of aromatic nitrogens is 4. The van der Waals surface area contributed by atoms with Crippen LogP contribution in [0, 0.1) is 11.8 Å². The number of hydrogen-bond acceptors (Lipinski definition) is 10. The third-order valence-electron chi connectivity index (χ3n) is 7.90. The largest absolute Gasteiger partial charge is 0.477 e. The molecular formula is C23H33N9O5S. The standard InChI is InChI=1S/C23H33N9O5S/c1-11-18-17(12(2)28-16(33)8-24-3)22(35)31(18)19(23(36)37)20(11)38-14-6-15(25-7-14)21(34)30-5-4-13(9-30)32-27-10-26-29-32/h10-15,17-18,24-25H,4-9H2,1-3H3,(H,28,33)(H,36,37)/t11-,12-,13+,14?,15?,17-,18-/m1/s1. The van der Waals surface area contributed by atoms with Crippen molar-refractivity contribution in [2.24, 2.45) is 11.8 Å². The second-order valence-corrected chi connectivity index (χ2v) is 11.7. The lowest BCUT2D eigenvalue weighted by atomic mass is 9.78. The number of nitrogens with zero attached hydrogens (tertiary/aromatic N) is 6. The van der Waals surface area contributed by atoms with Crippen LogP contribution in [0.25, 0.3) is 0 Å². The second-order valence-electron chi connectivity index (χ2n) is 10.3. The minimum Gasteiger partial charge on any atom is -0.477 e. The van der Waals surface area contributed by atoms with Gasteiger partial charge in [-0.15, -0.1) is 22.0 Å². The zero-order valence-electron chi connectivity index (χ0n) is 21.5. The third-order valence-corrected chi connectivity index (χ3v) is 9.42. The number of likely N-dealkylation sites (tertiary alicyclic amines) is 1. The van der Waals surface area contributed by atoms with Crippen LogP contribution < -0.4 is 16.0 Å². The van der Waals surface area contributed by atoms with Crippen molar-refractivity contribution in [1.82, 2.24) is 46.0 Å². The van der Waals surface area contributed by atoms with Gasteiger partial charge in [-0.1, -0.05) is 6.92 Å². The van der Waals surface area contributed by atoms with E-state index in [0.717, 1.165) is 6.42 Å². The van der Waals surface area contributed by atoms with Gasteiger partial charge in [0.2, 0.25) is 17.7 Å². The molecule has 1 aromatic heterocycles. The molecule has 3 fully saturated rings. The predicted octanol–water partition coefficient (Wildman–Crippen LogP) is -1.59. The Morgan fingerprint density at radius 2 is 2.13 bits per heavy atom. The molecule has 3 saturated heterocycles. The van der Waals surface area contributed by atoms with Crippen LogP contribution in [-0.2, 0) is 19.2 Å². The molecule has 206 valence electrons.